The molecule has 15 rings (SSSR count). The van der Waals surface area contributed by atoms with E-state index < -0.39 is 0 Å². The molecule has 0 amide bonds. The van der Waals surface area contributed by atoms with Crippen LogP contribution in [0.4, 0.5) is 0 Å². The zero-order valence-electron chi connectivity index (χ0n) is 28.4. The molecule has 0 unspecified atom stereocenters. The van der Waals surface area contributed by atoms with E-state index in [1.165, 1.54) is 126 Å². The van der Waals surface area contributed by atoms with Gasteiger partial charge in [-0.05, 0) is 50.5 Å². The highest BCUT2D eigenvalue weighted by Gasteiger charge is 2.50. The van der Waals surface area contributed by atoms with Crippen LogP contribution in [-0.2, 0) is 0 Å². The van der Waals surface area contributed by atoms with Gasteiger partial charge in [0.2, 0.25) is 0 Å². The standard InChI is InChI=1S/C48H25B2N3/c1-2-12-26(13-3-1)39-46-40-48-41-47(39)52-38-25-7-5-15-28(38)30-17-9-21-34(43(30)52)50(41)36-23-11-19-32-31-18-10-22-35(44(31)53(48)45(32)36)49(40)33-20-8-16-29-27-14-4-6-24-37(27)51(46)42(29)33/h1-25H. The summed E-state index contributed by atoms with van der Waals surface area (Å²) < 4.78 is 8.04. The first-order valence-corrected chi connectivity index (χ1v) is 18.8. The third kappa shape index (κ3) is 2.64. The predicted molar refractivity (Wildman–Crippen MR) is 224 cm³/mol. The Balaban J connectivity index is 1.33. The highest BCUT2D eigenvalue weighted by molar-refractivity contribution is 7.04. The summed E-state index contributed by atoms with van der Waals surface area (Å²) in [7, 11) is 0. The van der Waals surface area contributed by atoms with Crippen molar-refractivity contribution in [1.82, 2.24) is 13.7 Å². The fourth-order valence-corrected chi connectivity index (χ4v) is 11.7. The van der Waals surface area contributed by atoms with Gasteiger partial charge in [-0.1, -0.05) is 140 Å². The summed E-state index contributed by atoms with van der Waals surface area (Å²) in [5.74, 6) is 0. The highest BCUT2D eigenvalue weighted by atomic mass is 15.1. The molecule has 4 aliphatic rings. The Morgan fingerprint density at radius 3 is 1.15 bits per heavy atom. The topological polar surface area (TPSA) is 14.8 Å². The Hall–Kier alpha value is -6.71. The number of fused-ring (bicyclic) bond motifs is 13. The van der Waals surface area contributed by atoms with E-state index in [9.17, 15) is 0 Å². The average Bonchev–Trinajstić information content (AvgIpc) is 3.86. The molecule has 0 saturated carbocycles. The molecule has 0 atom stereocenters. The second-order valence-electron chi connectivity index (χ2n) is 15.5. The van der Waals surface area contributed by atoms with Crippen LogP contribution in [0.15, 0.2) is 152 Å². The van der Waals surface area contributed by atoms with Crippen LogP contribution in [0.25, 0.3) is 93.6 Å². The van der Waals surface area contributed by atoms with Gasteiger partial charge in [-0.25, -0.2) is 0 Å². The smallest absolute Gasteiger partial charge is 0.252 e. The minimum absolute atomic E-state index is 0.0922. The fourth-order valence-electron chi connectivity index (χ4n) is 11.7. The quantitative estimate of drug-likeness (QED) is 0.169. The molecule has 0 fully saturated rings. The molecule has 8 aromatic carbocycles. The lowest BCUT2D eigenvalue weighted by atomic mass is 9.29. The minimum Gasteiger partial charge on any atom is -0.311 e. The van der Waals surface area contributed by atoms with E-state index in [2.05, 4.69) is 165 Å². The van der Waals surface area contributed by atoms with E-state index in [0.717, 1.165) is 0 Å². The van der Waals surface area contributed by atoms with Crippen LogP contribution in [-0.4, -0.2) is 27.1 Å². The molecule has 5 heteroatoms. The van der Waals surface area contributed by atoms with E-state index >= 15 is 0 Å². The lowest BCUT2D eigenvalue weighted by Gasteiger charge is -2.42. The average molecular weight is 665 g/mol. The molecule has 7 heterocycles. The highest BCUT2D eigenvalue weighted by Crippen LogP contribution is 2.47. The maximum absolute atomic E-state index is 2.71. The first-order valence-electron chi connectivity index (χ1n) is 18.8. The number of hydrogen-bond donors (Lipinski definition) is 0. The second kappa shape index (κ2) is 8.49. The van der Waals surface area contributed by atoms with Crippen molar-refractivity contribution in [1.29, 1.82) is 0 Å². The van der Waals surface area contributed by atoms with Gasteiger partial charge in [-0.15, -0.1) is 0 Å². The van der Waals surface area contributed by atoms with Crippen molar-refractivity contribution < 1.29 is 0 Å². The third-order valence-corrected chi connectivity index (χ3v) is 13.4. The summed E-state index contributed by atoms with van der Waals surface area (Å²) >= 11 is 0. The second-order valence-corrected chi connectivity index (χ2v) is 15.5. The molecular formula is C48H25B2N3. The monoisotopic (exact) mass is 665 g/mol. The van der Waals surface area contributed by atoms with Crippen LogP contribution < -0.4 is 32.8 Å². The molecule has 4 aliphatic heterocycles. The molecule has 3 nitrogen and oxygen atoms in total. The van der Waals surface area contributed by atoms with Gasteiger partial charge in [-0.2, -0.15) is 0 Å². The van der Waals surface area contributed by atoms with Crippen molar-refractivity contribution in [2.24, 2.45) is 0 Å². The SMILES string of the molecule is c1ccc(-c2c3c4c5c6c2-n2c7ccccc7c7cccc(c72)B6c2cccc6c7cccc(c7n-5c26)B4c2cccc4c5ccccc5n-3c24)cc1. The number of aromatic nitrogens is 3. The molecule has 238 valence electrons. The van der Waals surface area contributed by atoms with E-state index in [1.54, 1.807) is 0 Å². The molecule has 0 spiro atoms. The van der Waals surface area contributed by atoms with Gasteiger partial charge in [-0.3, -0.25) is 0 Å². The molecule has 11 aromatic rings. The number of benzene rings is 8. The summed E-state index contributed by atoms with van der Waals surface area (Å²) in [6.45, 7) is 0.184. The summed E-state index contributed by atoms with van der Waals surface area (Å²) in [6.07, 6.45) is 0. The van der Waals surface area contributed by atoms with Crippen molar-refractivity contribution in [2.45, 2.75) is 0 Å². The molecule has 0 bridgehead atoms. The maximum Gasteiger partial charge on any atom is 0.252 e. The van der Waals surface area contributed by atoms with Gasteiger partial charge in [0.1, 0.15) is 0 Å². The predicted octanol–water partition coefficient (Wildman–Crippen LogP) is 6.93. The molecule has 0 saturated heterocycles. The van der Waals surface area contributed by atoms with Gasteiger partial charge in [0.25, 0.3) is 13.4 Å². The summed E-state index contributed by atoms with van der Waals surface area (Å²) in [4.78, 5) is 0. The molecular weight excluding hydrogens is 640 g/mol. The van der Waals surface area contributed by atoms with E-state index in [4.69, 9.17) is 0 Å². The van der Waals surface area contributed by atoms with Crippen LogP contribution in [0.3, 0.4) is 0 Å². The van der Waals surface area contributed by atoms with Crippen molar-refractivity contribution in [3.05, 3.63) is 152 Å². The molecule has 3 aromatic heterocycles. The van der Waals surface area contributed by atoms with Crippen LogP contribution in [0.2, 0.25) is 0 Å². The van der Waals surface area contributed by atoms with Gasteiger partial charge in [0.05, 0.1) is 22.4 Å². The van der Waals surface area contributed by atoms with Gasteiger partial charge in [0, 0.05) is 65.6 Å². The summed E-state index contributed by atoms with van der Waals surface area (Å²) in [6, 6.07) is 57.7. The van der Waals surface area contributed by atoms with Crippen molar-refractivity contribution >= 4 is 112 Å². The normalized spacial score (nSPS) is 14.0. The Kier molecular flexibility index (Phi) is 4.18. The minimum atomic E-state index is 0.0922. The lowest BCUT2D eigenvalue weighted by molar-refractivity contribution is 1.11. The maximum atomic E-state index is 2.71. The van der Waals surface area contributed by atoms with E-state index in [1.807, 2.05) is 0 Å². The molecule has 0 aliphatic carbocycles. The number of para-hydroxylation sites is 6. The molecule has 53 heavy (non-hydrogen) atoms. The first-order chi connectivity index (χ1) is 26.4. The van der Waals surface area contributed by atoms with Gasteiger partial charge < -0.3 is 13.7 Å². The zero-order valence-corrected chi connectivity index (χ0v) is 28.4. The van der Waals surface area contributed by atoms with Gasteiger partial charge in [0.15, 0.2) is 0 Å². The molecule has 0 N–H and O–H groups in total. The van der Waals surface area contributed by atoms with Gasteiger partial charge >= 0.3 is 0 Å². The van der Waals surface area contributed by atoms with Crippen LogP contribution >= 0.6 is 0 Å². The largest absolute Gasteiger partial charge is 0.311 e. The summed E-state index contributed by atoms with van der Waals surface area (Å²) in [5.41, 5.74) is 23.1. The van der Waals surface area contributed by atoms with Crippen LogP contribution in [0.1, 0.15) is 0 Å². The Morgan fingerprint density at radius 2 is 0.679 bits per heavy atom. The Morgan fingerprint density at radius 1 is 0.302 bits per heavy atom. The number of hydrogen-bond acceptors (Lipinski definition) is 0. The fraction of sp³-hybridized carbons (Fsp3) is 0. The zero-order chi connectivity index (χ0) is 33.8. The van der Waals surface area contributed by atoms with Crippen LogP contribution in [0.5, 0.6) is 0 Å². The summed E-state index contributed by atoms with van der Waals surface area (Å²) in [5, 5.41) is 7.98. The van der Waals surface area contributed by atoms with Crippen molar-refractivity contribution in [3.8, 4) is 28.2 Å². The third-order valence-electron chi connectivity index (χ3n) is 13.4. The Bertz CT molecular complexity index is 3370. The van der Waals surface area contributed by atoms with Crippen molar-refractivity contribution in [3.63, 3.8) is 0 Å². The van der Waals surface area contributed by atoms with E-state index in [0.29, 0.717) is 0 Å². The molecule has 0 radical (unpaired) electrons. The lowest BCUT2D eigenvalue weighted by Crippen LogP contribution is -2.66. The van der Waals surface area contributed by atoms with Crippen LogP contribution in [0, 0.1) is 0 Å². The van der Waals surface area contributed by atoms with E-state index in [-0.39, 0.29) is 13.4 Å². The Labute approximate surface area is 304 Å². The first kappa shape index (κ1) is 26.1. The number of nitrogens with zero attached hydrogens (tertiary/aromatic N) is 3. The van der Waals surface area contributed by atoms with Crippen molar-refractivity contribution in [2.75, 3.05) is 0 Å². The number of rotatable bonds is 1.